The number of ether oxygens (including phenoxy) is 2. The summed E-state index contributed by atoms with van der Waals surface area (Å²) in [7, 11) is 0. The Morgan fingerprint density at radius 2 is 1.76 bits per heavy atom. The molecule has 1 saturated heterocycles. The molecule has 1 spiro atoms. The number of aliphatic hydroxyl groups is 1. The summed E-state index contributed by atoms with van der Waals surface area (Å²) >= 11 is 0. The third-order valence-electron chi connectivity index (χ3n) is 5.92. The van der Waals surface area contributed by atoms with E-state index >= 15 is 0 Å². The first-order chi connectivity index (χ1) is 13.7. The van der Waals surface area contributed by atoms with E-state index in [-0.39, 0.29) is 11.7 Å². The summed E-state index contributed by atoms with van der Waals surface area (Å²) in [6, 6.07) is 6.12. The minimum Gasteiger partial charge on any atom is -0.484 e. The molecule has 1 aliphatic heterocycles. The number of benzene rings is 1. The Morgan fingerprint density at radius 1 is 1.10 bits per heavy atom. The molecule has 0 unspecified atom stereocenters. The van der Waals surface area contributed by atoms with Crippen LogP contribution in [0.3, 0.4) is 0 Å². The van der Waals surface area contributed by atoms with Crippen molar-refractivity contribution in [2.45, 2.75) is 57.2 Å². The molecule has 0 radical (unpaired) electrons. The summed E-state index contributed by atoms with van der Waals surface area (Å²) in [6.45, 7) is 2.15. The molecule has 162 valence electrons. The summed E-state index contributed by atoms with van der Waals surface area (Å²) in [6.07, 6.45) is -0.499. The Labute approximate surface area is 168 Å². The zero-order valence-corrected chi connectivity index (χ0v) is 16.6. The third-order valence-corrected chi connectivity index (χ3v) is 5.92. The quantitative estimate of drug-likeness (QED) is 0.682. The third kappa shape index (κ3) is 5.22. The van der Waals surface area contributed by atoms with Crippen LogP contribution in [0.2, 0.25) is 0 Å². The molecule has 1 aromatic carbocycles. The van der Waals surface area contributed by atoms with Crippen LogP contribution in [0.15, 0.2) is 24.3 Å². The van der Waals surface area contributed by atoms with E-state index < -0.39 is 23.8 Å². The summed E-state index contributed by atoms with van der Waals surface area (Å²) in [5.74, 6) is 0.139. The van der Waals surface area contributed by atoms with E-state index in [0.29, 0.717) is 57.6 Å². The van der Waals surface area contributed by atoms with Gasteiger partial charge >= 0.3 is 6.18 Å². The van der Waals surface area contributed by atoms with E-state index in [1.807, 2.05) is 6.92 Å². The lowest BCUT2D eigenvalue weighted by molar-refractivity contribution is -0.153. The van der Waals surface area contributed by atoms with Crippen LogP contribution in [0, 0.1) is 5.41 Å². The topological polar surface area (TPSA) is 59.0 Å². The lowest BCUT2D eigenvalue weighted by Crippen LogP contribution is -2.45. The molecule has 3 rings (SSSR count). The number of halogens is 3. The van der Waals surface area contributed by atoms with E-state index in [2.05, 4.69) is 0 Å². The number of rotatable bonds is 7. The number of anilines is 1. The smallest absolute Gasteiger partial charge is 0.422 e. The van der Waals surface area contributed by atoms with E-state index in [9.17, 15) is 23.1 Å². The maximum absolute atomic E-state index is 13.1. The van der Waals surface area contributed by atoms with E-state index in [4.69, 9.17) is 9.47 Å². The van der Waals surface area contributed by atoms with Gasteiger partial charge in [-0.25, -0.2) is 0 Å². The Balaban J connectivity index is 1.59. The predicted molar refractivity (Wildman–Crippen MR) is 102 cm³/mol. The van der Waals surface area contributed by atoms with Gasteiger partial charge in [-0.05, 0) is 62.8 Å². The molecule has 8 heteroatoms. The monoisotopic (exact) mass is 415 g/mol. The number of carbonyl (C=O) groups excluding carboxylic acids is 1. The van der Waals surface area contributed by atoms with Crippen molar-refractivity contribution < 1.29 is 32.5 Å². The van der Waals surface area contributed by atoms with Crippen molar-refractivity contribution >= 4 is 11.6 Å². The highest BCUT2D eigenvalue weighted by Crippen LogP contribution is 2.48. The lowest BCUT2D eigenvalue weighted by Gasteiger charge is -2.40. The Bertz CT molecular complexity index is 697. The van der Waals surface area contributed by atoms with Crippen LogP contribution in [-0.2, 0) is 9.53 Å². The SMILES string of the molecule is CCCOCC1(O)CCC2(CCN(c3ccc(OCC(F)(F)F)cc3)C2=O)CC1. The van der Waals surface area contributed by atoms with Crippen molar-refractivity contribution in [3.63, 3.8) is 0 Å². The molecular formula is C21H28F3NO4. The fraction of sp³-hybridized carbons (Fsp3) is 0.667. The minimum absolute atomic E-state index is 0.0259. The Morgan fingerprint density at radius 3 is 2.34 bits per heavy atom. The molecule has 0 aromatic heterocycles. The first-order valence-electron chi connectivity index (χ1n) is 10.1. The van der Waals surface area contributed by atoms with Crippen LogP contribution in [0.4, 0.5) is 18.9 Å². The van der Waals surface area contributed by atoms with Gasteiger partial charge in [0, 0.05) is 18.8 Å². The molecule has 0 bridgehead atoms. The van der Waals surface area contributed by atoms with Crippen LogP contribution >= 0.6 is 0 Å². The highest BCUT2D eigenvalue weighted by molar-refractivity contribution is 6.00. The number of hydrogen-bond donors (Lipinski definition) is 1. The Hall–Kier alpha value is -1.80. The highest BCUT2D eigenvalue weighted by atomic mass is 19.4. The minimum atomic E-state index is -4.39. The maximum atomic E-state index is 13.1. The second kappa shape index (κ2) is 8.52. The molecule has 1 aliphatic carbocycles. The molecule has 0 atom stereocenters. The molecule has 1 saturated carbocycles. The van der Waals surface area contributed by atoms with Gasteiger partial charge in [0.25, 0.3) is 0 Å². The van der Waals surface area contributed by atoms with Crippen molar-refractivity contribution in [2.75, 3.05) is 31.3 Å². The van der Waals surface area contributed by atoms with Gasteiger partial charge in [-0.15, -0.1) is 0 Å². The lowest BCUT2D eigenvalue weighted by atomic mass is 9.68. The van der Waals surface area contributed by atoms with E-state index in [0.717, 1.165) is 6.42 Å². The van der Waals surface area contributed by atoms with E-state index in [1.54, 1.807) is 17.0 Å². The molecular weight excluding hydrogens is 387 g/mol. The van der Waals surface area contributed by atoms with Crippen molar-refractivity contribution in [1.82, 2.24) is 0 Å². The predicted octanol–water partition coefficient (Wildman–Crippen LogP) is 4.08. The number of nitrogens with zero attached hydrogens (tertiary/aromatic N) is 1. The van der Waals surface area contributed by atoms with Crippen molar-refractivity contribution in [1.29, 1.82) is 0 Å². The number of amides is 1. The number of alkyl halides is 3. The fourth-order valence-corrected chi connectivity index (χ4v) is 4.16. The average Bonchev–Trinajstić information content (AvgIpc) is 3.00. The second-order valence-corrected chi connectivity index (χ2v) is 8.16. The van der Waals surface area contributed by atoms with Gasteiger partial charge in [-0.2, -0.15) is 13.2 Å². The number of carbonyl (C=O) groups is 1. The number of hydrogen-bond acceptors (Lipinski definition) is 4. The zero-order chi connectivity index (χ0) is 21.1. The zero-order valence-electron chi connectivity index (χ0n) is 16.6. The molecule has 2 fully saturated rings. The first-order valence-corrected chi connectivity index (χ1v) is 10.1. The van der Waals surface area contributed by atoms with Crippen LogP contribution in [0.1, 0.15) is 45.4 Å². The van der Waals surface area contributed by atoms with Gasteiger partial charge in [-0.1, -0.05) is 6.92 Å². The molecule has 2 aliphatic rings. The first kappa shape index (κ1) is 21.9. The molecule has 1 amide bonds. The average molecular weight is 415 g/mol. The van der Waals surface area contributed by atoms with E-state index in [1.165, 1.54) is 12.1 Å². The summed E-state index contributed by atoms with van der Waals surface area (Å²) in [4.78, 5) is 14.8. The Kier molecular flexibility index (Phi) is 6.43. The van der Waals surface area contributed by atoms with Gasteiger partial charge in [0.05, 0.1) is 17.6 Å². The van der Waals surface area contributed by atoms with Crippen molar-refractivity contribution in [3.05, 3.63) is 24.3 Å². The fourth-order valence-electron chi connectivity index (χ4n) is 4.16. The summed E-state index contributed by atoms with van der Waals surface area (Å²) < 4.78 is 47.0. The summed E-state index contributed by atoms with van der Waals surface area (Å²) in [5, 5.41) is 10.7. The largest absolute Gasteiger partial charge is 0.484 e. The molecule has 1 N–H and O–H groups in total. The van der Waals surface area contributed by atoms with Gasteiger partial charge in [0.15, 0.2) is 6.61 Å². The molecule has 1 aromatic rings. The van der Waals surface area contributed by atoms with Crippen LogP contribution in [0.5, 0.6) is 5.75 Å². The summed E-state index contributed by atoms with van der Waals surface area (Å²) in [5.41, 5.74) is -0.688. The van der Waals surface area contributed by atoms with Crippen LogP contribution < -0.4 is 9.64 Å². The van der Waals surface area contributed by atoms with Crippen molar-refractivity contribution in [2.24, 2.45) is 5.41 Å². The maximum Gasteiger partial charge on any atom is 0.422 e. The van der Waals surface area contributed by atoms with Crippen molar-refractivity contribution in [3.8, 4) is 5.75 Å². The van der Waals surface area contributed by atoms with Gasteiger partial charge in [0.1, 0.15) is 5.75 Å². The normalized spacial score (nSPS) is 27.6. The van der Waals surface area contributed by atoms with Gasteiger partial charge in [-0.3, -0.25) is 4.79 Å². The van der Waals surface area contributed by atoms with Crippen LogP contribution in [-0.4, -0.2) is 49.2 Å². The standard InChI is InChI=1S/C21H28F3NO4/c1-2-13-28-14-20(27)9-7-19(8-10-20)11-12-25(18(19)26)16-3-5-17(6-4-16)29-15-21(22,23)24/h3-6,27H,2,7-15H2,1H3. The molecule has 5 nitrogen and oxygen atoms in total. The van der Waals surface area contributed by atoms with Gasteiger partial charge in [0.2, 0.25) is 5.91 Å². The molecule has 29 heavy (non-hydrogen) atoms. The highest BCUT2D eigenvalue weighted by Gasteiger charge is 2.51. The van der Waals surface area contributed by atoms with Gasteiger partial charge < -0.3 is 19.5 Å². The molecule has 1 heterocycles. The van der Waals surface area contributed by atoms with Crippen LogP contribution in [0.25, 0.3) is 0 Å². The second-order valence-electron chi connectivity index (χ2n) is 8.16.